The summed E-state index contributed by atoms with van der Waals surface area (Å²) in [5.41, 5.74) is 2.17. The molecule has 0 aliphatic heterocycles. The van der Waals surface area contributed by atoms with Crippen LogP contribution >= 0.6 is 11.8 Å². The summed E-state index contributed by atoms with van der Waals surface area (Å²) < 4.78 is 4.88. The van der Waals surface area contributed by atoms with E-state index >= 15 is 0 Å². The molecule has 0 aliphatic rings. The molecule has 6 heteroatoms. The molecular weight excluding hydrogens is 276 g/mol. The number of aliphatic hydroxyl groups is 1. The van der Waals surface area contributed by atoms with Crippen molar-refractivity contribution in [2.45, 2.75) is 18.2 Å². The van der Waals surface area contributed by atoms with Crippen LogP contribution in [0.15, 0.2) is 41.6 Å². The van der Waals surface area contributed by atoms with E-state index in [4.69, 9.17) is 4.74 Å². The zero-order chi connectivity index (χ0) is 14.5. The number of nitrogens with one attached hydrogen (secondary N) is 1. The van der Waals surface area contributed by atoms with Crippen molar-refractivity contribution in [1.82, 2.24) is 9.97 Å². The van der Waals surface area contributed by atoms with Crippen LogP contribution in [0, 0.1) is 0 Å². The van der Waals surface area contributed by atoms with Gasteiger partial charge in [0.05, 0.1) is 17.1 Å². The largest absolute Gasteiger partial charge is 0.460 e. The number of imidazole rings is 1. The summed E-state index contributed by atoms with van der Waals surface area (Å²) in [6.45, 7) is 5.00. The van der Waals surface area contributed by atoms with E-state index in [2.05, 4.69) is 16.5 Å². The van der Waals surface area contributed by atoms with Crippen LogP contribution in [0.1, 0.15) is 6.92 Å². The van der Waals surface area contributed by atoms with E-state index < -0.39 is 12.1 Å². The normalized spacial score (nSPS) is 12.3. The third-order valence-corrected chi connectivity index (χ3v) is 3.55. The minimum Gasteiger partial charge on any atom is -0.460 e. The molecule has 1 unspecified atom stereocenters. The molecule has 20 heavy (non-hydrogen) atoms. The summed E-state index contributed by atoms with van der Waals surface area (Å²) in [5.74, 6) is -0.0960. The SMILES string of the molecule is C=C(C)C(=O)OCC(O)CSc1nc2ccccc2[nH]1. The van der Waals surface area contributed by atoms with Gasteiger partial charge in [-0.15, -0.1) is 0 Å². The number of aromatic nitrogens is 2. The maximum Gasteiger partial charge on any atom is 0.333 e. The fraction of sp³-hybridized carbons (Fsp3) is 0.286. The van der Waals surface area contributed by atoms with Crippen LogP contribution in [0.5, 0.6) is 0 Å². The zero-order valence-electron chi connectivity index (χ0n) is 11.1. The number of rotatable bonds is 6. The number of aliphatic hydroxyl groups excluding tert-OH is 1. The van der Waals surface area contributed by atoms with Crippen LogP contribution in [0.25, 0.3) is 11.0 Å². The standard InChI is InChI=1S/C14H16N2O3S/c1-9(2)13(18)19-7-10(17)8-20-14-15-11-5-3-4-6-12(11)16-14/h3-6,10,17H,1,7-8H2,2H3,(H,15,16). The summed E-state index contributed by atoms with van der Waals surface area (Å²) in [4.78, 5) is 18.7. The minimum absolute atomic E-state index is 0.0427. The van der Waals surface area contributed by atoms with Crippen molar-refractivity contribution in [1.29, 1.82) is 0 Å². The maximum absolute atomic E-state index is 11.2. The molecule has 0 amide bonds. The van der Waals surface area contributed by atoms with Crippen LogP contribution in [0.3, 0.4) is 0 Å². The Morgan fingerprint density at radius 2 is 2.30 bits per heavy atom. The molecule has 0 radical (unpaired) electrons. The lowest BCUT2D eigenvalue weighted by Crippen LogP contribution is -2.21. The second-order valence-electron chi connectivity index (χ2n) is 4.40. The fourth-order valence-electron chi connectivity index (χ4n) is 1.52. The number of thioether (sulfide) groups is 1. The third kappa shape index (κ3) is 3.85. The van der Waals surface area contributed by atoms with E-state index in [0.29, 0.717) is 11.3 Å². The Hall–Kier alpha value is -1.79. The Morgan fingerprint density at radius 1 is 1.55 bits per heavy atom. The molecule has 5 nitrogen and oxygen atoms in total. The topological polar surface area (TPSA) is 75.2 Å². The molecule has 1 aromatic heterocycles. The number of benzene rings is 1. The lowest BCUT2D eigenvalue weighted by atomic mass is 10.3. The van der Waals surface area contributed by atoms with Crippen LogP contribution < -0.4 is 0 Å². The predicted molar refractivity (Wildman–Crippen MR) is 78.6 cm³/mol. The Balaban J connectivity index is 1.82. The third-order valence-electron chi connectivity index (χ3n) is 2.54. The average molecular weight is 292 g/mol. The second-order valence-corrected chi connectivity index (χ2v) is 5.41. The molecule has 0 saturated carbocycles. The van der Waals surface area contributed by atoms with Gasteiger partial charge in [-0.25, -0.2) is 9.78 Å². The molecule has 2 rings (SSSR count). The van der Waals surface area contributed by atoms with Gasteiger partial charge in [0, 0.05) is 11.3 Å². The number of carbonyl (C=O) groups excluding carboxylic acids is 1. The molecule has 106 valence electrons. The van der Waals surface area contributed by atoms with Gasteiger partial charge in [0.2, 0.25) is 0 Å². The first kappa shape index (κ1) is 14.6. The van der Waals surface area contributed by atoms with Crippen LogP contribution in [-0.4, -0.2) is 39.5 Å². The van der Waals surface area contributed by atoms with Gasteiger partial charge in [-0.1, -0.05) is 30.5 Å². The van der Waals surface area contributed by atoms with Crippen LogP contribution in [0.4, 0.5) is 0 Å². The maximum atomic E-state index is 11.2. The van der Waals surface area contributed by atoms with Gasteiger partial charge < -0.3 is 14.8 Å². The Morgan fingerprint density at radius 3 is 3.00 bits per heavy atom. The monoisotopic (exact) mass is 292 g/mol. The highest BCUT2D eigenvalue weighted by atomic mass is 32.2. The summed E-state index contributed by atoms with van der Waals surface area (Å²) in [7, 11) is 0. The zero-order valence-corrected chi connectivity index (χ0v) is 11.9. The first-order valence-electron chi connectivity index (χ1n) is 6.14. The Bertz CT molecular complexity index is 591. The van der Waals surface area contributed by atoms with Gasteiger partial charge in [0.1, 0.15) is 6.61 Å². The first-order chi connectivity index (χ1) is 9.56. The van der Waals surface area contributed by atoms with Crippen molar-refractivity contribution < 1.29 is 14.6 Å². The van der Waals surface area contributed by atoms with Crippen molar-refractivity contribution in [3.05, 3.63) is 36.4 Å². The van der Waals surface area contributed by atoms with E-state index in [-0.39, 0.29) is 6.61 Å². The number of esters is 1. The highest BCUT2D eigenvalue weighted by molar-refractivity contribution is 7.99. The summed E-state index contributed by atoms with van der Waals surface area (Å²) in [5, 5.41) is 10.5. The van der Waals surface area contributed by atoms with Gasteiger partial charge in [0.15, 0.2) is 5.16 Å². The lowest BCUT2D eigenvalue weighted by Gasteiger charge is -2.09. The number of aromatic amines is 1. The van der Waals surface area contributed by atoms with Crippen molar-refractivity contribution in [2.75, 3.05) is 12.4 Å². The van der Waals surface area contributed by atoms with Gasteiger partial charge in [-0.05, 0) is 19.1 Å². The molecule has 0 bridgehead atoms. The highest BCUT2D eigenvalue weighted by Gasteiger charge is 2.11. The van der Waals surface area contributed by atoms with Gasteiger partial charge in [-0.2, -0.15) is 0 Å². The van der Waals surface area contributed by atoms with Gasteiger partial charge >= 0.3 is 5.97 Å². The molecule has 1 aromatic carbocycles. The summed E-state index contributed by atoms with van der Waals surface area (Å²) in [6, 6.07) is 7.71. The number of para-hydroxylation sites is 2. The smallest absolute Gasteiger partial charge is 0.333 e. The number of hydrogen-bond acceptors (Lipinski definition) is 5. The Kier molecular flexibility index (Phi) is 4.81. The van der Waals surface area contributed by atoms with Gasteiger partial charge in [0.25, 0.3) is 0 Å². The number of ether oxygens (including phenoxy) is 1. The first-order valence-corrected chi connectivity index (χ1v) is 7.13. The molecular formula is C14H16N2O3S. The van der Waals surface area contributed by atoms with Crippen LogP contribution in [-0.2, 0) is 9.53 Å². The summed E-state index contributed by atoms with van der Waals surface area (Å²) in [6.07, 6.45) is -0.739. The van der Waals surface area contributed by atoms with E-state index in [1.54, 1.807) is 6.92 Å². The number of hydrogen-bond donors (Lipinski definition) is 2. The van der Waals surface area contributed by atoms with Crippen LogP contribution in [0.2, 0.25) is 0 Å². The quantitative estimate of drug-likeness (QED) is 0.484. The number of carbonyl (C=O) groups is 1. The molecule has 0 fully saturated rings. The minimum atomic E-state index is -0.739. The summed E-state index contributed by atoms with van der Waals surface area (Å²) >= 11 is 1.38. The van der Waals surface area contributed by atoms with E-state index in [0.717, 1.165) is 16.2 Å². The van der Waals surface area contributed by atoms with E-state index in [1.807, 2.05) is 24.3 Å². The predicted octanol–water partition coefficient (Wildman–Crippen LogP) is 2.14. The second kappa shape index (κ2) is 6.58. The number of H-pyrrole nitrogens is 1. The fourth-order valence-corrected chi connectivity index (χ4v) is 2.31. The van der Waals surface area contributed by atoms with Crippen molar-refractivity contribution in [2.24, 2.45) is 0 Å². The van der Waals surface area contributed by atoms with E-state index in [1.165, 1.54) is 11.8 Å². The molecule has 2 N–H and O–H groups in total. The number of fused-ring (bicyclic) bond motifs is 1. The Labute approximate surface area is 121 Å². The van der Waals surface area contributed by atoms with Crippen molar-refractivity contribution in [3.63, 3.8) is 0 Å². The molecule has 1 atom stereocenters. The number of nitrogens with zero attached hydrogens (tertiary/aromatic N) is 1. The van der Waals surface area contributed by atoms with Crippen molar-refractivity contribution >= 4 is 28.8 Å². The molecule has 0 aliphatic carbocycles. The molecule has 0 spiro atoms. The average Bonchev–Trinajstić information content (AvgIpc) is 2.85. The molecule has 0 saturated heterocycles. The van der Waals surface area contributed by atoms with Gasteiger partial charge in [-0.3, -0.25) is 0 Å². The molecule has 1 heterocycles. The highest BCUT2D eigenvalue weighted by Crippen LogP contribution is 2.19. The lowest BCUT2D eigenvalue weighted by molar-refractivity contribution is -0.141. The van der Waals surface area contributed by atoms with Crippen molar-refractivity contribution in [3.8, 4) is 0 Å². The van der Waals surface area contributed by atoms with E-state index in [9.17, 15) is 9.90 Å². The molecule has 2 aromatic rings.